The van der Waals surface area contributed by atoms with Crippen molar-refractivity contribution in [3.05, 3.63) is 56.6 Å². The van der Waals surface area contributed by atoms with Crippen LogP contribution in [-0.2, 0) is 19.6 Å². The summed E-state index contributed by atoms with van der Waals surface area (Å²) in [5, 5.41) is 4.64. The number of rotatable bonds is 4. The maximum absolute atomic E-state index is 12.5. The second kappa shape index (κ2) is 6.16. The molecule has 136 valence electrons. The van der Waals surface area contributed by atoms with E-state index in [1.807, 2.05) is 24.4 Å². The van der Waals surface area contributed by atoms with Gasteiger partial charge in [-0.05, 0) is 30.9 Å². The van der Waals surface area contributed by atoms with Gasteiger partial charge >= 0.3 is 11.1 Å². The first-order chi connectivity index (χ1) is 12.7. The van der Waals surface area contributed by atoms with Crippen molar-refractivity contribution in [3.63, 3.8) is 0 Å². The molecule has 2 aromatic heterocycles. The van der Waals surface area contributed by atoms with E-state index in [0.29, 0.717) is 24.9 Å². The summed E-state index contributed by atoms with van der Waals surface area (Å²) in [5.74, 6) is 1.91. The van der Waals surface area contributed by atoms with Gasteiger partial charge in [0.25, 0.3) is 0 Å². The van der Waals surface area contributed by atoms with Gasteiger partial charge < -0.3 is 0 Å². The van der Waals surface area contributed by atoms with Crippen LogP contribution >= 0.6 is 0 Å². The van der Waals surface area contributed by atoms with Gasteiger partial charge in [-0.25, -0.2) is 4.68 Å². The highest BCUT2D eigenvalue weighted by Crippen LogP contribution is 2.37. The van der Waals surface area contributed by atoms with E-state index in [9.17, 15) is 9.59 Å². The van der Waals surface area contributed by atoms with Crippen LogP contribution in [0.15, 0.2) is 34.0 Å². The lowest BCUT2D eigenvalue weighted by atomic mass is 9.85. The van der Waals surface area contributed by atoms with Crippen LogP contribution in [0.5, 0.6) is 0 Å². The molecule has 7 nitrogen and oxygen atoms in total. The zero-order chi connectivity index (χ0) is 17.7. The Balaban J connectivity index is 1.40. The molecule has 2 aliphatic heterocycles. The Morgan fingerprint density at radius 2 is 1.96 bits per heavy atom. The quantitative estimate of drug-likeness (QED) is 0.761. The SMILES string of the molecule is O=c1c(=O)n2c(nn1CC1CCC1)[C@H]1CN(Cc3ccccn3)C[C@@H]1C2. The molecule has 7 heteroatoms. The van der Waals surface area contributed by atoms with Gasteiger partial charge in [0.1, 0.15) is 5.82 Å². The molecule has 0 aromatic carbocycles. The van der Waals surface area contributed by atoms with E-state index in [0.717, 1.165) is 44.0 Å². The second-order valence-corrected chi connectivity index (χ2v) is 7.94. The zero-order valence-electron chi connectivity index (χ0n) is 14.8. The summed E-state index contributed by atoms with van der Waals surface area (Å²) in [4.78, 5) is 31.7. The van der Waals surface area contributed by atoms with Crippen molar-refractivity contribution < 1.29 is 0 Å². The first-order valence-electron chi connectivity index (χ1n) is 9.53. The number of hydrogen-bond acceptors (Lipinski definition) is 5. The molecule has 0 amide bonds. The summed E-state index contributed by atoms with van der Waals surface area (Å²) < 4.78 is 3.08. The first kappa shape index (κ1) is 15.9. The third-order valence-electron chi connectivity index (χ3n) is 6.20. The van der Waals surface area contributed by atoms with Gasteiger partial charge in [0.15, 0.2) is 0 Å². The van der Waals surface area contributed by atoms with Gasteiger partial charge in [0, 0.05) is 50.8 Å². The number of fused-ring (bicyclic) bond motifs is 3. The van der Waals surface area contributed by atoms with E-state index in [-0.39, 0.29) is 11.5 Å². The van der Waals surface area contributed by atoms with Crippen molar-refractivity contribution in [2.45, 2.75) is 44.8 Å². The summed E-state index contributed by atoms with van der Waals surface area (Å²) in [5.41, 5.74) is 0.221. The molecule has 1 saturated carbocycles. The number of pyridine rings is 1. The maximum atomic E-state index is 12.5. The fraction of sp³-hybridized carbons (Fsp3) is 0.579. The molecule has 0 unspecified atom stereocenters. The van der Waals surface area contributed by atoms with Crippen LogP contribution in [0.2, 0.25) is 0 Å². The molecule has 0 radical (unpaired) electrons. The lowest BCUT2D eigenvalue weighted by Crippen LogP contribution is -2.45. The highest BCUT2D eigenvalue weighted by molar-refractivity contribution is 5.13. The predicted octanol–water partition coefficient (Wildman–Crippen LogP) is 0.829. The van der Waals surface area contributed by atoms with E-state index < -0.39 is 5.56 Å². The molecule has 0 bridgehead atoms. The molecule has 2 atom stereocenters. The Bertz CT molecular complexity index is 931. The normalized spacial score (nSPS) is 25.1. The maximum Gasteiger partial charge on any atom is 0.332 e. The van der Waals surface area contributed by atoms with E-state index in [1.165, 1.54) is 11.1 Å². The summed E-state index contributed by atoms with van der Waals surface area (Å²) in [6, 6.07) is 5.98. The molecule has 1 saturated heterocycles. The van der Waals surface area contributed by atoms with E-state index in [1.54, 1.807) is 4.57 Å². The monoisotopic (exact) mass is 353 g/mol. The van der Waals surface area contributed by atoms with Crippen LogP contribution in [0.1, 0.15) is 36.7 Å². The summed E-state index contributed by atoms with van der Waals surface area (Å²) in [6.45, 7) is 3.82. The minimum absolute atomic E-state index is 0.236. The minimum atomic E-state index is -0.453. The standard InChI is InChI=1S/C19H23N5O2/c25-18-19(26)24(8-13-4-3-5-13)21-17-16-12-22(9-14(16)10-23(17)18)11-15-6-1-2-7-20-15/h1-2,6-7,13-14,16H,3-5,8-12H2/t14-,16+/m1/s1. The molecular weight excluding hydrogens is 330 g/mol. The third kappa shape index (κ3) is 2.61. The van der Waals surface area contributed by atoms with Crippen molar-refractivity contribution in [3.8, 4) is 0 Å². The molecule has 4 heterocycles. The van der Waals surface area contributed by atoms with Crippen molar-refractivity contribution in [2.24, 2.45) is 11.8 Å². The highest BCUT2D eigenvalue weighted by atomic mass is 16.2. The van der Waals surface area contributed by atoms with Gasteiger partial charge in [0.05, 0.1) is 5.69 Å². The Hall–Kier alpha value is -2.28. The van der Waals surface area contributed by atoms with E-state index >= 15 is 0 Å². The Morgan fingerprint density at radius 3 is 2.69 bits per heavy atom. The predicted molar refractivity (Wildman–Crippen MR) is 95.8 cm³/mol. The number of aromatic nitrogens is 4. The average molecular weight is 353 g/mol. The second-order valence-electron chi connectivity index (χ2n) is 7.94. The molecule has 1 aliphatic carbocycles. The summed E-state index contributed by atoms with van der Waals surface area (Å²) in [7, 11) is 0. The molecule has 26 heavy (non-hydrogen) atoms. The van der Waals surface area contributed by atoms with Gasteiger partial charge in [-0.3, -0.25) is 24.0 Å². The fourth-order valence-electron chi connectivity index (χ4n) is 4.57. The molecule has 3 aliphatic rings. The van der Waals surface area contributed by atoms with Gasteiger partial charge in [-0.15, -0.1) is 0 Å². The molecule has 2 fully saturated rings. The topological polar surface area (TPSA) is 73.0 Å². The lowest BCUT2D eigenvalue weighted by molar-refractivity contribution is 0.256. The van der Waals surface area contributed by atoms with Crippen LogP contribution in [-0.4, -0.2) is 37.3 Å². The fourth-order valence-corrected chi connectivity index (χ4v) is 4.57. The number of nitrogens with zero attached hydrogens (tertiary/aromatic N) is 5. The zero-order valence-corrected chi connectivity index (χ0v) is 14.8. The van der Waals surface area contributed by atoms with Crippen LogP contribution in [0.3, 0.4) is 0 Å². The van der Waals surface area contributed by atoms with Gasteiger partial charge in [-0.2, -0.15) is 5.10 Å². The third-order valence-corrected chi connectivity index (χ3v) is 6.20. The van der Waals surface area contributed by atoms with Crippen LogP contribution in [0.4, 0.5) is 0 Å². The van der Waals surface area contributed by atoms with Crippen molar-refractivity contribution in [1.29, 1.82) is 0 Å². The van der Waals surface area contributed by atoms with Gasteiger partial charge in [-0.1, -0.05) is 12.5 Å². The molecule has 5 rings (SSSR count). The smallest absolute Gasteiger partial charge is 0.296 e. The number of likely N-dealkylation sites (tertiary alicyclic amines) is 1. The number of hydrogen-bond donors (Lipinski definition) is 0. The van der Waals surface area contributed by atoms with Crippen molar-refractivity contribution in [2.75, 3.05) is 13.1 Å². The summed E-state index contributed by atoms with van der Waals surface area (Å²) in [6.07, 6.45) is 5.31. The minimum Gasteiger partial charge on any atom is -0.296 e. The van der Waals surface area contributed by atoms with E-state index in [4.69, 9.17) is 0 Å². The largest absolute Gasteiger partial charge is 0.332 e. The molecular formula is C19H23N5O2. The molecule has 2 aromatic rings. The Kier molecular flexibility index (Phi) is 3.77. The molecule has 0 N–H and O–H groups in total. The Labute approximate surface area is 151 Å². The van der Waals surface area contributed by atoms with Crippen LogP contribution < -0.4 is 11.1 Å². The van der Waals surface area contributed by atoms with Crippen LogP contribution in [0.25, 0.3) is 0 Å². The van der Waals surface area contributed by atoms with Crippen molar-refractivity contribution >= 4 is 0 Å². The van der Waals surface area contributed by atoms with Gasteiger partial charge in [0.2, 0.25) is 0 Å². The Morgan fingerprint density at radius 1 is 1.08 bits per heavy atom. The first-order valence-corrected chi connectivity index (χ1v) is 9.53. The van der Waals surface area contributed by atoms with E-state index in [2.05, 4.69) is 15.0 Å². The van der Waals surface area contributed by atoms with Crippen LogP contribution in [0, 0.1) is 11.8 Å². The lowest BCUT2D eigenvalue weighted by Gasteiger charge is -2.25. The average Bonchev–Trinajstić information content (AvgIpc) is 3.14. The highest BCUT2D eigenvalue weighted by Gasteiger charge is 2.42. The van der Waals surface area contributed by atoms with Crippen molar-refractivity contribution in [1.82, 2.24) is 24.2 Å². The summed E-state index contributed by atoms with van der Waals surface area (Å²) >= 11 is 0. The molecule has 0 spiro atoms.